The van der Waals surface area contributed by atoms with Crippen molar-refractivity contribution in [3.8, 4) is 11.4 Å². The minimum absolute atomic E-state index is 0.0364. The highest BCUT2D eigenvalue weighted by atomic mass is 19.1. The van der Waals surface area contributed by atoms with Gasteiger partial charge in [0.25, 0.3) is 5.91 Å². The molecule has 1 amide bonds. The van der Waals surface area contributed by atoms with Crippen LogP contribution in [0.25, 0.3) is 28.5 Å². The molecule has 0 spiro atoms. The molecule has 0 unspecified atom stereocenters. The monoisotopic (exact) mass is 426 g/mol. The third kappa shape index (κ3) is 4.35. The lowest BCUT2D eigenvalue weighted by Crippen LogP contribution is -2.36. The number of amides is 1. The summed E-state index contributed by atoms with van der Waals surface area (Å²) in [4.78, 5) is 18.2. The summed E-state index contributed by atoms with van der Waals surface area (Å²) in [6.45, 7) is 4.80. The van der Waals surface area contributed by atoms with E-state index in [0.29, 0.717) is 16.9 Å². The lowest BCUT2D eigenvalue weighted by atomic mass is 10.0. The van der Waals surface area contributed by atoms with Gasteiger partial charge in [0.15, 0.2) is 5.82 Å². The fourth-order valence-electron chi connectivity index (χ4n) is 4.21. The van der Waals surface area contributed by atoms with E-state index < -0.39 is 17.5 Å². The Kier molecular flexibility index (Phi) is 6.11. The average Bonchev–Trinajstić information content (AvgIpc) is 3.17. The number of aromatic nitrogens is 2. The van der Waals surface area contributed by atoms with Gasteiger partial charge in [-0.3, -0.25) is 10.0 Å². The fraction of sp³-hybridized carbons (Fsp3) is 0.304. The van der Waals surface area contributed by atoms with E-state index >= 15 is 0 Å². The summed E-state index contributed by atoms with van der Waals surface area (Å²) in [5.74, 6) is -1.40. The van der Waals surface area contributed by atoms with Crippen LogP contribution in [0.2, 0.25) is 0 Å². The standard InChI is InChI=1S/C23H24F2N4O2/c1-2-28-10-4-7-18(14-28)29-20-13-17(24)12-19(25)22(20)26-23(29)16-6-3-5-15(11-16)8-9-21(30)27-31/h3,5-6,8-9,11-13,18,31H,2,4,7,10,14H2,1H3,(H,27,30)/t18-/m1/s1. The summed E-state index contributed by atoms with van der Waals surface area (Å²) in [5, 5.41) is 8.66. The first-order chi connectivity index (χ1) is 15.0. The highest BCUT2D eigenvalue weighted by Crippen LogP contribution is 2.34. The van der Waals surface area contributed by atoms with E-state index in [9.17, 15) is 13.6 Å². The Morgan fingerprint density at radius 2 is 2.16 bits per heavy atom. The molecule has 2 N–H and O–H groups in total. The molecule has 6 nitrogen and oxygen atoms in total. The first-order valence-corrected chi connectivity index (χ1v) is 10.3. The van der Waals surface area contributed by atoms with Crippen LogP contribution in [0.4, 0.5) is 8.78 Å². The van der Waals surface area contributed by atoms with E-state index in [-0.39, 0.29) is 11.6 Å². The number of nitrogens with one attached hydrogen (secondary N) is 1. The van der Waals surface area contributed by atoms with Crippen LogP contribution in [0.1, 0.15) is 31.4 Å². The van der Waals surface area contributed by atoms with Crippen LogP contribution in [0.15, 0.2) is 42.5 Å². The SMILES string of the molecule is CCN1CCC[C@@H](n2c(-c3cccc(C=CC(=O)NO)c3)nc3c(F)cc(F)cc32)C1. The summed E-state index contributed by atoms with van der Waals surface area (Å²) in [7, 11) is 0. The van der Waals surface area contributed by atoms with Crippen LogP contribution in [-0.2, 0) is 4.79 Å². The number of rotatable bonds is 5. The van der Waals surface area contributed by atoms with Crippen molar-refractivity contribution in [2.75, 3.05) is 19.6 Å². The van der Waals surface area contributed by atoms with Crippen molar-refractivity contribution in [2.45, 2.75) is 25.8 Å². The molecule has 4 rings (SSSR count). The third-order valence-corrected chi connectivity index (χ3v) is 5.69. The predicted molar refractivity (Wildman–Crippen MR) is 114 cm³/mol. The van der Waals surface area contributed by atoms with E-state index in [1.165, 1.54) is 12.1 Å². The maximum absolute atomic E-state index is 14.6. The number of likely N-dealkylation sites (tertiary alicyclic amines) is 1. The third-order valence-electron chi connectivity index (χ3n) is 5.69. The molecule has 3 aromatic rings. The van der Waals surface area contributed by atoms with E-state index in [2.05, 4.69) is 16.8 Å². The lowest BCUT2D eigenvalue weighted by molar-refractivity contribution is -0.124. The van der Waals surface area contributed by atoms with E-state index in [0.717, 1.165) is 44.1 Å². The zero-order valence-corrected chi connectivity index (χ0v) is 17.2. The number of hydrogen-bond acceptors (Lipinski definition) is 4. The van der Waals surface area contributed by atoms with Crippen molar-refractivity contribution < 1.29 is 18.8 Å². The van der Waals surface area contributed by atoms with E-state index in [4.69, 9.17) is 5.21 Å². The summed E-state index contributed by atoms with van der Waals surface area (Å²) in [6, 6.07) is 9.53. The molecule has 8 heteroatoms. The smallest absolute Gasteiger partial charge is 0.267 e. The molecule has 1 fully saturated rings. The van der Waals surface area contributed by atoms with Crippen LogP contribution < -0.4 is 5.48 Å². The number of hydrogen-bond donors (Lipinski definition) is 2. The Morgan fingerprint density at radius 3 is 2.94 bits per heavy atom. The van der Waals surface area contributed by atoms with Crippen molar-refractivity contribution in [2.24, 2.45) is 0 Å². The van der Waals surface area contributed by atoms with Gasteiger partial charge in [-0.05, 0) is 49.7 Å². The molecule has 1 saturated heterocycles. The van der Waals surface area contributed by atoms with Crippen LogP contribution >= 0.6 is 0 Å². The fourth-order valence-corrected chi connectivity index (χ4v) is 4.21. The van der Waals surface area contributed by atoms with Crippen molar-refractivity contribution in [1.82, 2.24) is 19.9 Å². The van der Waals surface area contributed by atoms with Gasteiger partial charge in [0.1, 0.15) is 17.2 Å². The summed E-state index contributed by atoms with van der Waals surface area (Å²) < 4.78 is 30.7. The zero-order valence-electron chi connectivity index (χ0n) is 17.2. The second kappa shape index (κ2) is 8.95. The van der Waals surface area contributed by atoms with Crippen molar-refractivity contribution in [3.63, 3.8) is 0 Å². The molecule has 1 atom stereocenters. The lowest BCUT2D eigenvalue weighted by Gasteiger charge is -2.33. The Bertz CT molecular complexity index is 1140. The van der Waals surface area contributed by atoms with Gasteiger partial charge in [-0.1, -0.05) is 25.1 Å². The van der Waals surface area contributed by atoms with Gasteiger partial charge in [-0.2, -0.15) is 0 Å². The van der Waals surface area contributed by atoms with Gasteiger partial charge >= 0.3 is 0 Å². The van der Waals surface area contributed by atoms with Gasteiger partial charge in [-0.15, -0.1) is 0 Å². The molecule has 1 aliphatic heterocycles. The maximum atomic E-state index is 14.6. The molecule has 0 radical (unpaired) electrons. The van der Waals surface area contributed by atoms with Gasteiger partial charge in [0.05, 0.1) is 5.52 Å². The number of nitrogens with zero attached hydrogens (tertiary/aromatic N) is 3. The normalized spacial score (nSPS) is 17.5. The number of imidazole rings is 1. The van der Waals surface area contributed by atoms with Gasteiger partial charge in [0, 0.05) is 30.3 Å². The molecular weight excluding hydrogens is 402 g/mol. The van der Waals surface area contributed by atoms with Crippen molar-refractivity contribution >= 4 is 23.0 Å². The molecular formula is C23H24F2N4O2. The van der Waals surface area contributed by atoms with Crippen molar-refractivity contribution in [1.29, 1.82) is 0 Å². The quantitative estimate of drug-likeness (QED) is 0.365. The van der Waals surface area contributed by atoms with Crippen molar-refractivity contribution in [3.05, 3.63) is 59.7 Å². The van der Waals surface area contributed by atoms with Crippen LogP contribution in [-0.4, -0.2) is 45.2 Å². The second-order valence-electron chi connectivity index (χ2n) is 7.68. The largest absolute Gasteiger partial charge is 0.319 e. The van der Waals surface area contributed by atoms with Gasteiger partial charge in [0.2, 0.25) is 0 Å². The summed E-state index contributed by atoms with van der Waals surface area (Å²) in [6.07, 6.45) is 4.65. The number of hydroxylamine groups is 1. The minimum atomic E-state index is -0.686. The number of benzene rings is 2. The minimum Gasteiger partial charge on any atom is -0.319 e. The Morgan fingerprint density at radius 1 is 1.32 bits per heavy atom. The average molecular weight is 426 g/mol. The highest BCUT2D eigenvalue weighted by Gasteiger charge is 2.26. The molecule has 162 valence electrons. The molecule has 0 aliphatic carbocycles. The molecule has 0 saturated carbocycles. The predicted octanol–water partition coefficient (Wildman–Crippen LogP) is 4.16. The molecule has 0 bridgehead atoms. The van der Waals surface area contributed by atoms with E-state index in [1.807, 2.05) is 22.8 Å². The van der Waals surface area contributed by atoms with Crippen LogP contribution in [0.5, 0.6) is 0 Å². The molecule has 2 heterocycles. The van der Waals surface area contributed by atoms with Gasteiger partial charge < -0.3 is 9.47 Å². The summed E-state index contributed by atoms with van der Waals surface area (Å²) >= 11 is 0. The molecule has 31 heavy (non-hydrogen) atoms. The number of carbonyl (C=O) groups excluding carboxylic acids is 1. The van der Waals surface area contributed by atoms with Gasteiger partial charge in [-0.25, -0.2) is 19.2 Å². The van der Waals surface area contributed by atoms with Crippen LogP contribution in [0.3, 0.4) is 0 Å². The first-order valence-electron chi connectivity index (χ1n) is 10.3. The number of piperidine rings is 1. The van der Waals surface area contributed by atoms with Crippen LogP contribution in [0, 0.1) is 11.6 Å². The highest BCUT2D eigenvalue weighted by molar-refractivity contribution is 5.91. The molecule has 1 aromatic heterocycles. The number of likely N-dealkylation sites (N-methyl/N-ethyl adjacent to an activating group) is 1. The number of halogens is 2. The topological polar surface area (TPSA) is 70.4 Å². The second-order valence-corrected chi connectivity index (χ2v) is 7.68. The zero-order chi connectivity index (χ0) is 22.0. The Labute approximate surface area is 178 Å². The number of fused-ring (bicyclic) bond motifs is 1. The summed E-state index contributed by atoms with van der Waals surface area (Å²) in [5.41, 5.74) is 3.58. The molecule has 2 aromatic carbocycles. The molecule has 1 aliphatic rings. The maximum Gasteiger partial charge on any atom is 0.267 e. The first kappa shape index (κ1) is 21.1. The number of carbonyl (C=O) groups is 1. The Balaban J connectivity index is 1.85. The van der Waals surface area contributed by atoms with E-state index in [1.54, 1.807) is 17.6 Å². The Hall–Kier alpha value is -3.10.